The van der Waals surface area contributed by atoms with E-state index in [1.807, 2.05) is 13.0 Å². The Kier molecular flexibility index (Phi) is 4.47. The van der Waals surface area contributed by atoms with E-state index in [0.717, 1.165) is 11.6 Å². The summed E-state index contributed by atoms with van der Waals surface area (Å²) in [7, 11) is 1.47. The van der Waals surface area contributed by atoms with E-state index >= 15 is 0 Å². The second-order valence-corrected chi connectivity index (χ2v) is 5.13. The molecular weight excluding hydrogens is 301 g/mol. The normalized spacial score (nSPS) is 13.0. The number of methoxy groups -OCH3 is 1. The van der Waals surface area contributed by atoms with Crippen LogP contribution >= 0.6 is 11.6 Å². The van der Waals surface area contributed by atoms with Crippen molar-refractivity contribution in [3.63, 3.8) is 0 Å². The highest BCUT2D eigenvalue weighted by Crippen LogP contribution is 2.41. The fourth-order valence-electron chi connectivity index (χ4n) is 2.20. The molecule has 21 heavy (non-hydrogen) atoms. The molecule has 0 aliphatic rings. The summed E-state index contributed by atoms with van der Waals surface area (Å²) < 4.78 is 44.5. The smallest absolute Gasteiger partial charge is 0.416 e. The van der Waals surface area contributed by atoms with Crippen LogP contribution in [-0.2, 0) is 6.18 Å². The molecule has 0 saturated carbocycles. The molecule has 1 nitrogen and oxygen atoms in total. The minimum absolute atomic E-state index is 0.0237. The number of hydrogen-bond acceptors (Lipinski definition) is 1. The number of halogens is 4. The van der Waals surface area contributed by atoms with Gasteiger partial charge in [-0.05, 0) is 24.6 Å². The van der Waals surface area contributed by atoms with Crippen molar-refractivity contribution in [3.8, 4) is 5.75 Å². The van der Waals surface area contributed by atoms with E-state index in [9.17, 15) is 13.2 Å². The van der Waals surface area contributed by atoms with Gasteiger partial charge in [0, 0.05) is 5.56 Å². The van der Waals surface area contributed by atoms with Crippen molar-refractivity contribution >= 4 is 11.6 Å². The van der Waals surface area contributed by atoms with Crippen LogP contribution in [0.15, 0.2) is 42.5 Å². The lowest BCUT2D eigenvalue weighted by atomic mass is 9.97. The van der Waals surface area contributed by atoms with Gasteiger partial charge in [0.2, 0.25) is 0 Å². The molecule has 112 valence electrons. The lowest BCUT2D eigenvalue weighted by Gasteiger charge is -2.19. The lowest BCUT2D eigenvalue weighted by Crippen LogP contribution is -2.11. The van der Waals surface area contributed by atoms with Gasteiger partial charge in [0.25, 0.3) is 0 Å². The molecular formula is C16H14ClF3O. The third kappa shape index (κ3) is 3.32. The van der Waals surface area contributed by atoms with Crippen molar-refractivity contribution in [2.45, 2.75) is 18.5 Å². The number of ether oxygens (including phenoxy) is 1. The van der Waals surface area contributed by atoms with E-state index < -0.39 is 17.1 Å². The molecule has 0 heterocycles. The average molecular weight is 315 g/mol. The molecule has 0 fully saturated rings. The average Bonchev–Trinajstić information content (AvgIpc) is 2.45. The Morgan fingerprint density at radius 2 is 1.71 bits per heavy atom. The standard InChI is InChI=1S/C16H14ClF3O/c1-10-7-8-14(21-2)12(9-10)15(17)11-5-3-4-6-13(11)16(18,19)20/h3-9,15H,1-2H3. The minimum Gasteiger partial charge on any atom is -0.496 e. The van der Waals surface area contributed by atoms with Crippen molar-refractivity contribution in [3.05, 3.63) is 64.7 Å². The minimum atomic E-state index is -4.44. The zero-order valence-electron chi connectivity index (χ0n) is 11.5. The van der Waals surface area contributed by atoms with E-state index in [0.29, 0.717) is 11.3 Å². The summed E-state index contributed by atoms with van der Waals surface area (Å²) in [6.07, 6.45) is -4.44. The number of benzene rings is 2. The summed E-state index contributed by atoms with van der Waals surface area (Å²) >= 11 is 6.32. The van der Waals surface area contributed by atoms with Crippen LogP contribution in [0.5, 0.6) is 5.75 Å². The second-order valence-electron chi connectivity index (χ2n) is 4.69. The first-order valence-corrected chi connectivity index (χ1v) is 6.73. The van der Waals surface area contributed by atoms with Crippen molar-refractivity contribution in [2.24, 2.45) is 0 Å². The molecule has 2 rings (SSSR count). The molecule has 5 heteroatoms. The second kappa shape index (κ2) is 5.98. The van der Waals surface area contributed by atoms with Crippen molar-refractivity contribution in [1.82, 2.24) is 0 Å². The predicted molar refractivity (Wildman–Crippen MR) is 76.9 cm³/mol. The number of hydrogen-bond donors (Lipinski definition) is 0. The van der Waals surface area contributed by atoms with Crippen LogP contribution in [0.25, 0.3) is 0 Å². The molecule has 2 aromatic rings. The molecule has 0 aromatic heterocycles. The molecule has 0 aliphatic heterocycles. The van der Waals surface area contributed by atoms with Gasteiger partial charge < -0.3 is 4.74 Å². The maximum atomic E-state index is 13.1. The van der Waals surface area contributed by atoms with Crippen LogP contribution in [-0.4, -0.2) is 7.11 Å². The molecule has 0 saturated heterocycles. The highest BCUT2D eigenvalue weighted by atomic mass is 35.5. The number of aryl methyl sites for hydroxylation is 1. The summed E-state index contributed by atoms with van der Waals surface area (Å²) in [5.41, 5.74) is 0.723. The van der Waals surface area contributed by atoms with Gasteiger partial charge in [0.05, 0.1) is 18.1 Å². The molecule has 0 bridgehead atoms. The summed E-state index contributed by atoms with van der Waals surface area (Å²) in [5.74, 6) is 0.470. The first kappa shape index (κ1) is 15.7. The largest absolute Gasteiger partial charge is 0.496 e. The summed E-state index contributed by atoms with van der Waals surface area (Å²) in [6.45, 7) is 1.85. The van der Waals surface area contributed by atoms with Gasteiger partial charge in [0.15, 0.2) is 0 Å². The lowest BCUT2D eigenvalue weighted by molar-refractivity contribution is -0.138. The zero-order valence-corrected chi connectivity index (χ0v) is 12.3. The quantitative estimate of drug-likeness (QED) is 0.694. The van der Waals surface area contributed by atoms with Gasteiger partial charge >= 0.3 is 6.18 Å². The van der Waals surface area contributed by atoms with Crippen LogP contribution in [0, 0.1) is 6.92 Å². The highest BCUT2D eigenvalue weighted by Gasteiger charge is 2.35. The van der Waals surface area contributed by atoms with Gasteiger partial charge in [-0.3, -0.25) is 0 Å². The Balaban J connectivity index is 2.56. The predicted octanol–water partition coefficient (Wildman–Crippen LogP) is 5.35. The van der Waals surface area contributed by atoms with E-state index in [1.165, 1.54) is 19.2 Å². The molecule has 0 aliphatic carbocycles. The van der Waals surface area contributed by atoms with Gasteiger partial charge in [-0.1, -0.05) is 35.9 Å². The van der Waals surface area contributed by atoms with Crippen LogP contribution in [0.2, 0.25) is 0 Å². The van der Waals surface area contributed by atoms with E-state index in [-0.39, 0.29) is 5.56 Å². The van der Waals surface area contributed by atoms with E-state index in [2.05, 4.69) is 0 Å². The van der Waals surface area contributed by atoms with E-state index in [4.69, 9.17) is 16.3 Å². The zero-order chi connectivity index (χ0) is 15.6. The Hall–Kier alpha value is -1.68. The van der Waals surface area contributed by atoms with Crippen LogP contribution in [0.1, 0.15) is 27.6 Å². The fraction of sp³-hybridized carbons (Fsp3) is 0.250. The number of rotatable bonds is 3. The van der Waals surface area contributed by atoms with E-state index in [1.54, 1.807) is 18.2 Å². The molecule has 0 N–H and O–H groups in total. The monoisotopic (exact) mass is 314 g/mol. The molecule has 1 atom stereocenters. The SMILES string of the molecule is COc1ccc(C)cc1C(Cl)c1ccccc1C(F)(F)F. The topological polar surface area (TPSA) is 9.23 Å². The van der Waals surface area contributed by atoms with Crippen molar-refractivity contribution in [2.75, 3.05) is 7.11 Å². The third-order valence-corrected chi connectivity index (χ3v) is 3.67. The molecule has 2 aromatic carbocycles. The maximum Gasteiger partial charge on any atom is 0.416 e. The summed E-state index contributed by atoms with van der Waals surface area (Å²) in [6, 6.07) is 10.6. The maximum absolute atomic E-state index is 13.1. The Morgan fingerprint density at radius 1 is 1.05 bits per heavy atom. The van der Waals surface area contributed by atoms with Gasteiger partial charge in [0.1, 0.15) is 5.75 Å². The Labute approximate surface area is 126 Å². The van der Waals surface area contributed by atoms with Gasteiger partial charge in [-0.25, -0.2) is 0 Å². The number of alkyl halides is 4. The molecule has 0 radical (unpaired) electrons. The third-order valence-electron chi connectivity index (χ3n) is 3.20. The molecule has 0 amide bonds. The van der Waals surface area contributed by atoms with Crippen LogP contribution < -0.4 is 4.74 Å². The van der Waals surface area contributed by atoms with Gasteiger partial charge in [-0.15, -0.1) is 11.6 Å². The summed E-state index contributed by atoms with van der Waals surface area (Å²) in [4.78, 5) is 0. The Morgan fingerprint density at radius 3 is 2.33 bits per heavy atom. The Bertz CT molecular complexity index is 638. The van der Waals surface area contributed by atoms with Crippen molar-refractivity contribution in [1.29, 1.82) is 0 Å². The van der Waals surface area contributed by atoms with Crippen LogP contribution in [0.4, 0.5) is 13.2 Å². The first-order valence-electron chi connectivity index (χ1n) is 6.29. The molecule has 0 spiro atoms. The fourth-order valence-corrected chi connectivity index (χ4v) is 2.56. The first-order chi connectivity index (χ1) is 9.84. The van der Waals surface area contributed by atoms with Gasteiger partial charge in [-0.2, -0.15) is 13.2 Å². The van der Waals surface area contributed by atoms with Crippen LogP contribution in [0.3, 0.4) is 0 Å². The van der Waals surface area contributed by atoms with Crippen molar-refractivity contribution < 1.29 is 17.9 Å². The highest BCUT2D eigenvalue weighted by molar-refractivity contribution is 6.23. The molecule has 1 unspecified atom stereocenters. The summed E-state index contributed by atoms with van der Waals surface area (Å²) in [5, 5.41) is -0.933.